The molecule has 0 radical (unpaired) electrons. The van der Waals surface area contributed by atoms with Crippen LogP contribution < -0.4 is 5.73 Å². The van der Waals surface area contributed by atoms with Crippen molar-refractivity contribution in [2.75, 3.05) is 26.1 Å². The Morgan fingerprint density at radius 1 is 1.03 bits per heavy atom. The van der Waals surface area contributed by atoms with Gasteiger partial charge in [-0.2, -0.15) is 14.4 Å². The van der Waals surface area contributed by atoms with Gasteiger partial charge in [0.1, 0.15) is 17.8 Å². The van der Waals surface area contributed by atoms with Crippen molar-refractivity contribution in [2.45, 2.75) is 37.3 Å². The zero-order valence-corrected chi connectivity index (χ0v) is 20.2. The molecule has 0 aliphatic carbocycles. The summed E-state index contributed by atoms with van der Waals surface area (Å²) in [6.45, 7) is 0.663. The highest BCUT2D eigenvalue weighted by Gasteiger charge is 2.57. The van der Waals surface area contributed by atoms with Crippen molar-refractivity contribution in [2.24, 2.45) is 0 Å². The fourth-order valence-corrected chi connectivity index (χ4v) is 4.60. The number of rotatable bonds is 10. The summed E-state index contributed by atoms with van der Waals surface area (Å²) in [6, 6.07) is 19.3. The van der Waals surface area contributed by atoms with Crippen LogP contribution in [0.4, 0.5) is 10.2 Å². The van der Waals surface area contributed by atoms with Gasteiger partial charge in [0.05, 0.1) is 32.8 Å². The number of aromatic nitrogens is 4. The van der Waals surface area contributed by atoms with E-state index in [0.717, 1.165) is 11.1 Å². The van der Waals surface area contributed by atoms with Gasteiger partial charge in [0.25, 0.3) is 0 Å². The highest BCUT2D eigenvalue weighted by molar-refractivity contribution is 5.81. The molecule has 0 spiro atoms. The number of halogens is 1. The van der Waals surface area contributed by atoms with Crippen LogP contribution in [0.15, 0.2) is 67.0 Å². The SMILES string of the molecule is COC[C@]1(COCc2ccccc2)O[C@@H](n2cnc3c(N)nc(F)nc32)[C@H](O)[C@@H]1OCc1ccccc1. The molecule has 10 nitrogen and oxygen atoms in total. The Hall–Kier alpha value is -3.48. The number of nitrogen functional groups attached to an aromatic ring is 1. The lowest BCUT2D eigenvalue weighted by molar-refractivity contribution is -0.179. The number of aliphatic hydroxyl groups is 1. The summed E-state index contributed by atoms with van der Waals surface area (Å²) < 4.78 is 39.7. The number of ether oxygens (including phenoxy) is 4. The summed E-state index contributed by atoms with van der Waals surface area (Å²) in [6.07, 6.45) is -2.73. The number of nitrogens with zero attached hydrogens (tertiary/aromatic N) is 4. The summed E-state index contributed by atoms with van der Waals surface area (Å²) in [5.74, 6) is -0.111. The largest absolute Gasteiger partial charge is 0.386 e. The zero-order valence-electron chi connectivity index (χ0n) is 20.2. The number of anilines is 1. The summed E-state index contributed by atoms with van der Waals surface area (Å²) in [4.78, 5) is 11.6. The maximum Gasteiger partial charge on any atom is 0.312 e. The van der Waals surface area contributed by atoms with E-state index in [1.54, 1.807) is 0 Å². The molecule has 4 atom stereocenters. The van der Waals surface area contributed by atoms with Crippen molar-refractivity contribution in [3.05, 3.63) is 84.2 Å². The minimum atomic E-state index is -1.20. The minimum Gasteiger partial charge on any atom is -0.386 e. The molecular formula is C26H28FN5O5. The number of fused-ring (bicyclic) bond motifs is 1. The summed E-state index contributed by atoms with van der Waals surface area (Å²) in [7, 11) is 1.53. The van der Waals surface area contributed by atoms with Crippen molar-refractivity contribution in [3.8, 4) is 0 Å². The molecule has 1 aliphatic rings. The van der Waals surface area contributed by atoms with Crippen LogP contribution in [0, 0.1) is 6.08 Å². The molecule has 4 aromatic rings. The third kappa shape index (κ3) is 5.17. The van der Waals surface area contributed by atoms with E-state index in [1.165, 1.54) is 18.0 Å². The number of aliphatic hydroxyl groups excluding tert-OH is 1. The maximum absolute atomic E-state index is 14.0. The monoisotopic (exact) mass is 509 g/mol. The van der Waals surface area contributed by atoms with E-state index in [9.17, 15) is 9.50 Å². The van der Waals surface area contributed by atoms with Gasteiger partial charge in [-0.1, -0.05) is 60.7 Å². The van der Waals surface area contributed by atoms with Crippen molar-refractivity contribution >= 4 is 17.0 Å². The van der Waals surface area contributed by atoms with Gasteiger partial charge in [-0.05, 0) is 11.1 Å². The third-order valence-electron chi connectivity index (χ3n) is 6.29. The van der Waals surface area contributed by atoms with Crippen LogP contribution in [0.3, 0.4) is 0 Å². The van der Waals surface area contributed by atoms with E-state index in [-0.39, 0.29) is 36.8 Å². The Labute approximate surface area is 212 Å². The average molecular weight is 510 g/mol. The Kier molecular flexibility index (Phi) is 7.40. The number of hydrogen-bond donors (Lipinski definition) is 2. The highest BCUT2D eigenvalue weighted by atomic mass is 19.1. The number of imidazole rings is 1. The number of benzene rings is 2. The first kappa shape index (κ1) is 25.2. The zero-order chi connectivity index (χ0) is 25.8. The van der Waals surface area contributed by atoms with Crippen LogP contribution >= 0.6 is 0 Å². The molecule has 1 saturated heterocycles. The standard InChI is InChI=1S/C26H28FN5O5/c1-34-14-26(15-35-12-17-8-4-2-5-9-17)21(36-13-18-10-6-3-7-11-18)20(33)24(37-26)32-16-29-19-22(28)30-25(27)31-23(19)32/h2-11,16,20-21,24,33H,12-15H2,1H3,(H2,28,30,31)/t20-,21+,24-,26-/m1/s1. The molecule has 11 heteroatoms. The average Bonchev–Trinajstić information content (AvgIpc) is 3.43. The second-order valence-electron chi connectivity index (χ2n) is 8.89. The normalized spacial score (nSPS) is 23.6. The minimum absolute atomic E-state index is 0.0564. The first-order valence-electron chi connectivity index (χ1n) is 11.8. The predicted molar refractivity (Wildman–Crippen MR) is 132 cm³/mol. The van der Waals surface area contributed by atoms with Crippen LogP contribution in [0.5, 0.6) is 0 Å². The van der Waals surface area contributed by atoms with Gasteiger partial charge in [0.15, 0.2) is 23.2 Å². The first-order chi connectivity index (χ1) is 18.0. The lowest BCUT2D eigenvalue weighted by Gasteiger charge is -2.33. The third-order valence-corrected chi connectivity index (χ3v) is 6.29. The predicted octanol–water partition coefficient (Wildman–Crippen LogP) is 2.62. The molecule has 0 saturated carbocycles. The molecule has 0 unspecified atom stereocenters. The van der Waals surface area contributed by atoms with Crippen LogP contribution in [0.1, 0.15) is 17.4 Å². The molecule has 1 aliphatic heterocycles. The van der Waals surface area contributed by atoms with Crippen LogP contribution in [-0.4, -0.2) is 62.8 Å². The van der Waals surface area contributed by atoms with E-state index in [0.29, 0.717) is 6.61 Å². The van der Waals surface area contributed by atoms with Crippen LogP contribution in [-0.2, 0) is 32.2 Å². The Bertz CT molecular complexity index is 1330. The number of nitrogens with two attached hydrogens (primary N) is 1. The Balaban J connectivity index is 1.46. The van der Waals surface area contributed by atoms with Crippen molar-refractivity contribution in [3.63, 3.8) is 0 Å². The van der Waals surface area contributed by atoms with Crippen molar-refractivity contribution < 1.29 is 28.4 Å². The van der Waals surface area contributed by atoms with Crippen LogP contribution in [0.25, 0.3) is 11.2 Å². The maximum atomic E-state index is 14.0. The molecule has 37 heavy (non-hydrogen) atoms. The second-order valence-corrected chi connectivity index (χ2v) is 8.89. The summed E-state index contributed by atoms with van der Waals surface area (Å²) in [5.41, 5.74) is 6.82. The Morgan fingerprint density at radius 3 is 2.38 bits per heavy atom. The molecule has 2 aromatic heterocycles. The van der Waals surface area contributed by atoms with E-state index in [4.69, 9.17) is 24.7 Å². The van der Waals surface area contributed by atoms with Gasteiger partial charge in [-0.25, -0.2) is 4.98 Å². The lowest BCUT2D eigenvalue weighted by Crippen LogP contribution is -2.51. The molecule has 3 N–H and O–H groups in total. The Morgan fingerprint density at radius 2 is 1.70 bits per heavy atom. The van der Waals surface area contributed by atoms with Gasteiger partial charge in [-0.15, -0.1) is 0 Å². The van der Waals surface area contributed by atoms with Gasteiger partial charge in [0.2, 0.25) is 0 Å². The topological polar surface area (TPSA) is 127 Å². The fourth-order valence-electron chi connectivity index (χ4n) is 4.60. The molecule has 0 bridgehead atoms. The number of methoxy groups -OCH3 is 1. The molecular weight excluding hydrogens is 481 g/mol. The fraction of sp³-hybridized carbons (Fsp3) is 0.346. The van der Waals surface area contributed by atoms with E-state index in [2.05, 4.69) is 15.0 Å². The molecule has 2 aromatic carbocycles. The van der Waals surface area contributed by atoms with E-state index < -0.39 is 30.1 Å². The smallest absolute Gasteiger partial charge is 0.312 e. The summed E-state index contributed by atoms with van der Waals surface area (Å²) >= 11 is 0. The highest BCUT2D eigenvalue weighted by Crippen LogP contribution is 2.41. The van der Waals surface area contributed by atoms with Gasteiger partial charge >= 0.3 is 6.08 Å². The molecule has 0 amide bonds. The van der Waals surface area contributed by atoms with Gasteiger partial charge in [0, 0.05) is 7.11 Å². The molecule has 3 heterocycles. The van der Waals surface area contributed by atoms with E-state index in [1.807, 2.05) is 60.7 Å². The van der Waals surface area contributed by atoms with E-state index >= 15 is 0 Å². The van der Waals surface area contributed by atoms with Gasteiger partial charge < -0.3 is 29.8 Å². The molecule has 1 fully saturated rings. The molecule has 5 rings (SSSR count). The van der Waals surface area contributed by atoms with Crippen molar-refractivity contribution in [1.82, 2.24) is 19.5 Å². The number of hydrogen-bond acceptors (Lipinski definition) is 9. The summed E-state index contributed by atoms with van der Waals surface area (Å²) in [5, 5.41) is 11.5. The molecule has 194 valence electrons. The van der Waals surface area contributed by atoms with Crippen LogP contribution in [0.2, 0.25) is 0 Å². The quantitative estimate of drug-likeness (QED) is 0.310. The van der Waals surface area contributed by atoms with Gasteiger partial charge in [-0.3, -0.25) is 4.57 Å². The first-order valence-corrected chi connectivity index (χ1v) is 11.8. The lowest BCUT2D eigenvalue weighted by atomic mass is 9.96. The van der Waals surface area contributed by atoms with Crippen molar-refractivity contribution in [1.29, 1.82) is 0 Å². The second kappa shape index (κ2) is 10.9.